The molecule has 0 atom stereocenters. The molecule has 0 spiro atoms. The monoisotopic (exact) mass is 288 g/mol. The van der Waals surface area contributed by atoms with E-state index in [4.69, 9.17) is 11.6 Å². The highest BCUT2D eigenvalue weighted by Gasteiger charge is 2.21. The SMILES string of the molecule is CC(C)(Cc1ccc(Cl)cc1)NC(=O)c1cccnc1. The van der Waals surface area contributed by atoms with E-state index in [0.717, 1.165) is 12.0 Å². The van der Waals surface area contributed by atoms with Gasteiger partial charge in [0.2, 0.25) is 0 Å². The number of halogens is 1. The number of nitrogens with zero attached hydrogens (tertiary/aromatic N) is 1. The number of carbonyl (C=O) groups is 1. The molecule has 1 aromatic carbocycles. The van der Waals surface area contributed by atoms with E-state index in [9.17, 15) is 4.79 Å². The Hall–Kier alpha value is -1.87. The van der Waals surface area contributed by atoms with E-state index in [0.29, 0.717) is 10.6 Å². The minimum absolute atomic E-state index is 0.114. The second-order valence-corrected chi connectivity index (χ2v) is 5.82. The van der Waals surface area contributed by atoms with Crippen molar-refractivity contribution in [3.8, 4) is 0 Å². The van der Waals surface area contributed by atoms with Crippen LogP contribution in [0.2, 0.25) is 5.02 Å². The first kappa shape index (κ1) is 14.5. The van der Waals surface area contributed by atoms with Crippen molar-refractivity contribution in [3.05, 3.63) is 64.9 Å². The molecule has 2 rings (SSSR count). The normalized spacial score (nSPS) is 11.2. The Morgan fingerprint density at radius 2 is 1.95 bits per heavy atom. The first-order valence-corrected chi connectivity index (χ1v) is 6.81. The van der Waals surface area contributed by atoms with Gasteiger partial charge in [-0.25, -0.2) is 0 Å². The number of amides is 1. The van der Waals surface area contributed by atoms with Crippen LogP contribution in [0.4, 0.5) is 0 Å². The molecule has 1 N–H and O–H groups in total. The van der Waals surface area contributed by atoms with Crippen molar-refractivity contribution in [1.82, 2.24) is 10.3 Å². The molecule has 0 saturated heterocycles. The second kappa shape index (κ2) is 6.06. The molecular formula is C16H17ClN2O. The summed E-state index contributed by atoms with van der Waals surface area (Å²) in [5.74, 6) is -0.114. The highest BCUT2D eigenvalue weighted by Crippen LogP contribution is 2.16. The van der Waals surface area contributed by atoms with Gasteiger partial charge in [0.15, 0.2) is 0 Å². The van der Waals surface area contributed by atoms with Crippen LogP contribution in [0.5, 0.6) is 0 Å². The van der Waals surface area contributed by atoms with Gasteiger partial charge in [-0.1, -0.05) is 23.7 Å². The van der Waals surface area contributed by atoms with Crippen LogP contribution in [0.1, 0.15) is 29.8 Å². The number of aromatic nitrogens is 1. The number of pyridine rings is 1. The highest BCUT2D eigenvalue weighted by atomic mass is 35.5. The van der Waals surface area contributed by atoms with Crippen molar-refractivity contribution >= 4 is 17.5 Å². The molecule has 1 amide bonds. The molecule has 0 aliphatic heterocycles. The lowest BCUT2D eigenvalue weighted by Gasteiger charge is -2.26. The molecule has 0 radical (unpaired) electrons. The van der Waals surface area contributed by atoms with Gasteiger partial charge in [-0.05, 0) is 50.1 Å². The van der Waals surface area contributed by atoms with E-state index in [1.54, 1.807) is 24.5 Å². The molecule has 0 bridgehead atoms. The third-order valence-corrected chi connectivity index (χ3v) is 3.19. The fourth-order valence-electron chi connectivity index (χ4n) is 2.03. The molecule has 2 aromatic rings. The number of benzene rings is 1. The Kier molecular flexibility index (Phi) is 4.40. The number of rotatable bonds is 4. The fourth-order valence-corrected chi connectivity index (χ4v) is 2.16. The van der Waals surface area contributed by atoms with Crippen LogP contribution in [-0.4, -0.2) is 16.4 Å². The molecule has 0 unspecified atom stereocenters. The molecule has 3 nitrogen and oxygen atoms in total. The van der Waals surface area contributed by atoms with Crippen LogP contribution < -0.4 is 5.32 Å². The number of carbonyl (C=O) groups excluding carboxylic acids is 1. The predicted molar refractivity (Wildman–Crippen MR) is 80.9 cm³/mol. The quantitative estimate of drug-likeness (QED) is 0.936. The van der Waals surface area contributed by atoms with Crippen LogP contribution in [-0.2, 0) is 6.42 Å². The van der Waals surface area contributed by atoms with E-state index < -0.39 is 0 Å². The van der Waals surface area contributed by atoms with Crippen LogP contribution in [0.25, 0.3) is 0 Å². The van der Waals surface area contributed by atoms with Crippen molar-refractivity contribution in [2.24, 2.45) is 0 Å². The van der Waals surface area contributed by atoms with Crippen molar-refractivity contribution in [2.45, 2.75) is 25.8 Å². The van der Waals surface area contributed by atoms with E-state index >= 15 is 0 Å². The molecule has 0 fully saturated rings. The lowest BCUT2D eigenvalue weighted by atomic mass is 9.94. The van der Waals surface area contributed by atoms with Crippen LogP contribution in [0.3, 0.4) is 0 Å². The maximum absolute atomic E-state index is 12.1. The third-order valence-electron chi connectivity index (χ3n) is 2.93. The van der Waals surface area contributed by atoms with E-state index in [-0.39, 0.29) is 11.4 Å². The summed E-state index contributed by atoms with van der Waals surface area (Å²) in [5.41, 5.74) is 1.35. The van der Waals surface area contributed by atoms with Gasteiger partial charge in [0, 0.05) is 23.0 Å². The zero-order chi connectivity index (χ0) is 14.6. The van der Waals surface area contributed by atoms with Crippen LogP contribution in [0, 0.1) is 0 Å². The number of hydrogen-bond acceptors (Lipinski definition) is 2. The molecule has 0 aliphatic rings. The van der Waals surface area contributed by atoms with Gasteiger partial charge in [0.1, 0.15) is 0 Å². The first-order chi connectivity index (χ1) is 9.46. The molecule has 104 valence electrons. The Labute approximate surface area is 124 Å². The first-order valence-electron chi connectivity index (χ1n) is 6.43. The van der Waals surface area contributed by atoms with Crippen molar-refractivity contribution < 1.29 is 4.79 Å². The van der Waals surface area contributed by atoms with Gasteiger partial charge in [0.25, 0.3) is 5.91 Å². The standard InChI is InChI=1S/C16H17ClN2O/c1-16(2,10-12-5-7-14(17)8-6-12)19-15(20)13-4-3-9-18-11-13/h3-9,11H,10H2,1-2H3,(H,19,20). The van der Waals surface area contributed by atoms with Gasteiger partial charge >= 0.3 is 0 Å². The smallest absolute Gasteiger partial charge is 0.253 e. The molecule has 0 aliphatic carbocycles. The van der Waals surface area contributed by atoms with Gasteiger partial charge < -0.3 is 5.32 Å². The molecule has 4 heteroatoms. The molecule has 0 saturated carbocycles. The van der Waals surface area contributed by atoms with Crippen molar-refractivity contribution in [3.63, 3.8) is 0 Å². The summed E-state index contributed by atoms with van der Waals surface area (Å²) in [5, 5.41) is 3.74. The maximum atomic E-state index is 12.1. The van der Waals surface area contributed by atoms with Gasteiger partial charge in [-0.3, -0.25) is 9.78 Å². The largest absolute Gasteiger partial charge is 0.347 e. The molecule has 20 heavy (non-hydrogen) atoms. The molecule has 1 aromatic heterocycles. The Bertz CT molecular complexity index is 579. The summed E-state index contributed by atoms with van der Waals surface area (Å²) in [7, 11) is 0. The fraction of sp³-hybridized carbons (Fsp3) is 0.250. The highest BCUT2D eigenvalue weighted by molar-refractivity contribution is 6.30. The van der Waals surface area contributed by atoms with Crippen LogP contribution in [0.15, 0.2) is 48.8 Å². The van der Waals surface area contributed by atoms with Crippen LogP contribution >= 0.6 is 11.6 Å². The second-order valence-electron chi connectivity index (χ2n) is 5.38. The van der Waals surface area contributed by atoms with E-state index in [1.807, 2.05) is 38.1 Å². The summed E-state index contributed by atoms with van der Waals surface area (Å²) in [6.07, 6.45) is 3.94. The topological polar surface area (TPSA) is 42.0 Å². The lowest BCUT2D eigenvalue weighted by Crippen LogP contribution is -2.45. The number of hydrogen-bond donors (Lipinski definition) is 1. The summed E-state index contributed by atoms with van der Waals surface area (Å²) in [6, 6.07) is 11.2. The summed E-state index contributed by atoms with van der Waals surface area (Å²) in [6.45, 7) is 3.99. The van der Waals surface area contributed by atoms with Gasteiger partial charge in [-0.2, -0.15) is 0 Å². The molecular weight excluding hydrogens is 272 g/mol. The Morgan fingerprint density at radius 1 is 1.25 bits per heavy atom. The zero-order valence-corrected chi connectivity index (χ0v) is 12.3. The van der Waals surface area contributed by atoms with Crippen molar-refractivity contribution in [2.75, 3.05) is 0 Å². The average Bonchev–Trinajstić information content (AvgIpc) is 2.41. The summed E-state index contributed by atoms with van der Waals surface area (Å²) in [4.78, 5) is 16.1. The lowest BCUT2D eigenvalue weighted by molar-refractivity contribution is 0.0912. The van der Waals surface area contributed by atoms with E-state index in [2.05, 4.69) is 10.3 Å². The van der Waals surface area contributed by atoms with E-state index in [1.165, 1.54) is 0 Å². The maximum Gasteiger partial charge on any atom is 0.253 e. The van der Waals surface area contributed by atoms with Gasteiger partial charge in [0.05, 0.1) is 5.56 Å². The predicted octanol–water partition coefficient (Wildman–Crippen LogP) is 3.49. The summed E-state index contributed by atoms with van der Waals surface area (Å²) < 4.78 is 0. The minimum Gasteiger partial charge on any atom is -0.347 e. The molecule has 1 heterocycles. The Balaban J connectivity index is 2.03. The Morgan fingerprint density at radius 3 is 2.55 bits per heavy atom. The summed E-state index contributed by atoms with van der Waals surface area (Å²) >= 11 is 5.87. The third kappa shape index (κ3) is 4.07. The van der Waals surface area contributed by atoms with Crippen molar-refractivity contribution in [1.29, 1.82) is 0 Å². The van der Waals surface area contributed by atoms with Gasteiger partial charge in [-0.15, -0.1) is 0 Å². The average molecular weight is 289 g/mol. The zero-order valence-electron chi connectivity index (χ0n) is 11.6. The number of nitrogens with one attached hydrogen (secondary N) is 1. The minimum atomic E-state index is -0.346.